The van der Waals surface area contributed by atoms with E-state index in [0.717, 1.165) is 58.9 Å². The van der Waals surface area contributed by atoms with Crippen molar-refractivity contribution in [3.8, 4) is 11.5 Å². The molecule has 0 amide bonds. The van der Waals surface area contributed by atoms with E-state index in [1.54, 1.807) is 0 Å². The van der Waals surface area contributed by atoms with Crippen LogP contribution in [0.15, 0.2) is 36.4 Å². The molecular weight excluding hydrogens is 664 g/mol. The van der Waals surface area contributed by atoms with E-state index in [2.05, 4.69) is 100 Å². The molecule has 2 aromatic carbocycles. The van der Waals surface area contributed by atoms with Gasteiger partial charge in [-0.1, -0.05) is 114 Å². The molecule has 0 unspecified atom stereocenters. The molecule has 0 saturated carbocycles. The van der Waals surface area contributed by atoms with Gasteiger partial charge in [-0.3, -0.25) is 0 Å². The molecule has 0 aromatic heterocycles. The number of benzene rings is 2. The summed E-state index contributed by atoms with van der Waals surface area (Å²) in [6.07, 6.45) is 9.95. The van der Waals surface area contributed by atoms with Gasteiger partial charge in [0, 0.05) is 21.3 Å². The van der Waals surface area contributed by atoms with Crippen molar-refractivity contribution in [2.24, 2.45) is 0 Å². The second kappa shape index (κ2) is 17.4. The molecule has 0 heterocycles. The van der Waals surface area contributed by atoms with Crippen molar-refractivity contribution < 1.29 is 9.47 Å². The minimum absolute atomic E-state index is 0.803. The van der Waals surface area contributed by atoms with Gasteiger partial charge in [-0.2, -0.15) is 0 Å². The summed E-state index contributed by atoms with van der Waals surface area (Å²) in [5.74, 6) is 1.97. The lowest BCUT2D eigenvalue weighted by molar-refractivity contribution is 0.300. The molecule has 0 fully saturated rings. The highest BCUT2D eigenvalue weighted by Gasteiger charge is 2.03. The zero-order valence-electron chi connectivity index (χ0n) is 18.7. The van der Waals surface area contributed by atoms with Crippen molar-refractivity contribution in [1.29, 1.82) is 0 Å². The van der Waals surface area contributed by atoms with Gasteiger partial charge in [0.1, 0.15) is 11.5 Å². The zero-order valence-corrected chi connectivity index (χ0v) is 25.0. The Kier molecular flexibility index (Phi) is 15.3. The highest BCUT2D eigenvalue weighted by molar-refractivity contribution is 9.09. The van der Waals surface area contributed by atoms with Gasteiger partial charge in [0.15, 0.2) is 0 Å². The third kappa shape index (κ3) is 11.4. The van der Waals surface area contributed by atoms with E-state index < -0.39 is 0 Å². The van der Waals surface area contributed by atoms with Gasteiger partial charge in [0.2, 0.25) is 0 Å². The first-order chi connectivity index (χ1) is 15.7. The Morgan fingerprint density at radius 3 is 0.969 bits per heavy atom. The average Bonchev–Trinajstić information content (AvgIpc) is 2.83. The standard InChI is InChI=1S/C26H34Br4O2/c27-17-21-11-22(18-28)14-25(13-21)31-9-7-5-3-1-2-4-6-8-10-32-26-15-23(19-29)12-24(16-26)20-30/h11-16H,1-10,17-20H2. The SMILES string of the molecule is BrCc1cc(CBr)cc(OCCCCCCCCCCOc2cc(CBr)cc(CBr)c2)c1. The number of halogens is 4. The second-order valence-corrected chi connectivity index (χ2v) is 10.3. The van der Waals surface area contributed by atoms with E-state index in [-0.39, 0.29) is 0 Å². The fourth-order valence-corrected chi connectivity index (χ4v) is 4.87. The van der Waals surface area contributed by atoms with Crippen molar-refractivity contribution in [2.75, 3.05) is 13.2 Å². The summed E-state index contributed by atoms with van der Waals surface area (Å²) in [4.78, 5) is 0. The maximum atomic E-state index is 5.97. The molecule has 0 bridgehead atoms. The summed E-state index contributed by atoms with van der Waals surface area (Å²) in [7, 11) is 0. The molecule has 0 saturated heterocycles. The van der Waals surface area contributed by atoms with Gasteiger partial charge in [0.05, 0.1) is 13.2 Å². The van der Waals surface area contributed by atoms with Crippen molar-refractivity contribution in [2.45, 2.75) is 72.7 Å². The number of unbranched alkanes of at least 4 members (excludes halogenated alkanes) is 7. The van der Waals surface area contributed by atoms with Gasteiger partial charge in [-0.15, -0.1) is 0 Å². The lowest BCUT2D eigenvalue weighted by atomic mass is 10.1. The van der Waals surface area contributed by atoms with Crippen LogP contribution in [-0.2, 0) is 21.3 Å². The molecule has 0 radical (unpaired) electrons. The molecule has 0 N–H and O–H groups in total. The summed E-state index contributed by atoms with van der Waals surface area (Å²) in [5, 5.41) is 3.44. The zero-order chi connectivity index (χ0) is 23.0. The van der Waals surface area contributed by atoms with Crippen LogP contribution in [0.5, 0.6) is 11.5 Å². The van der Waals surface area contributed by atoms with E-state index >= 15 is 0 Å². The van der Waals surface area contributed by atoms with E-state index in [1.807, 2.05) is 0 Å². The van der Waals surface area contributed by atoms with Gasteiger partial charge in [-0.05, 0) is 59.4 Å². The average molecular weight is 698 g/mol. The Labute approximate surface area is 227 Å². The van der Waals surface area contributed by atoms with Crippen LogP contribution >= 0.6 is 63.7 Å². The molecule has 0 aliphatic rings. The molecule has 0 atom stereocenters. The normalized spacial score (nSPS) is 11.0. The van der Waals surface area contributed by atoms with E-state index in [9.17, 15) is 0 Å². The first-order valence-corrected chi connectivity index (χ1v) is 15.9. The van der Waals surface area contributed by atoms with Gasteiger partial charge < -0.3 is 9.47 Å². The maximum absolute atomic E-state index is 5.97. The Hall–Kier alpha value is -0.0400. The van der Waals surface area contributed by atoms with Crippen LogP contribution in [0, 0.1) is 0 Å². The number of alkyl halides is 4. The van der Waals surface area contributed by atoms with Gasteiger partial charge in [-0.25, -0.2) is 0 Å². The van der Waals surface area contributed by atoms with E-state index in [4.69, 9.17) is 9.47 Å². The van der Waals surface area contributed by atoms with Gasteiger partial charge >= 0.3 is 0 Å². The van der Waals surface area contributed by atoms with Crippen LogP contribution in [0.4, 0.5) is 0 Å². The molecule has 178 valence electrons. The van der Waals surface area contributed by atoms with Crippen molar-refractivity contribution in [3.63, 3.8) is 0 Å². The number of hydrogen-bond acceptors (Lipinski definition) is 2. The Balaban J connectivity index is 1.47. The lowest BCUT2D eigenvalue weighted by Crippen LogP contribution is -1.99. The molecule has 0 aliphatic heterocycles. The highest BCUT2D eigenvalue weighted by Crippen LogP contribution is 2.22. The molecule has 2 aromatic rings. The third-order valence-corrected chi connectivity index (χ3v) is 7.84. The molecule has 0 spiro atoms. The van der Waals surface area contributed by atoms with E-state index in [1.165, 1.54) is 60.8 Å². The monoisotopic (exact) mass is 694 g/mol. The maximum Gasteiger partial charge on any atom is 0.119 e. The summed E-state index contributed by atoms with van der Waals surface area (Å²) < 4.78 is 11.9. The first kappa shape index (κ1) is 28.2. The molecule has 6 heteroatoms. The topological polar surface area (TPSA) is 18.5 Å². The largest absolute Gasteiger partial charge is 0.494 e. The Morgan fingerprint density at radius 1 is 0.406 bits per heavy atom. The second-order valence-electron chi connectivity index (χ2n) is 8.03. The summed E-state index contributed by atoms with van der Waals surface area (Å²) in [6.45, 7) is 1.61. The van der Waals surface area contributed by atoms with Crippen LogP contribution in [0.25, 0.3) is 0 Å². The molecule has 0 aliphatic carbocycles. The highest BCUT2D eigenvalue weighted by atomic mass is 79.9. The summed E-state index contributed by atoms with van der Waals surface area (Å²) in [5.41, 5.74) is 5.05. The Morgan fingerprint density at radius 2 is 0.688 bits per heavy atom. The van der Waals surface area contributed by atoms with Crippen LogP contribution in [-0.4, -0.2) is 13.2 Å². The Bertz CT molecular complexity index is 672. The molecule has 2 nitrogen and oxygen atoms in total. The molecular formula is C26H34Br4O2. The van der Waals surface area contributed by atoms with E-state index in [0.29, 0.717) is 0 Å². The van der Waals surface area contributed by atoms with Crippen LogP contribution in [0.3, 0.4) is 0 Å². The van der Waals surface area contributed by atoms with Crippen LogP contribution in [0.2, 0.25) is 0 Å². The molecule has 32 heavy (non-hydrogen) atoms. The van der Waals surface area contributed by atoms with Crippen molar-refractivity contribution >= 4 is 63.7 Å². The lowest BCUT2D eigenvalue weighted by Gasteiger charge is -2.10. The fraction of sp³-hybridized carbons (Fsp3) is 0.538. The predicted octanol–water partition coefficient (Wildman–Crippen LogP) is 9.84. The minimum atomic E-state index is 0.803. The fourth-order valence-electron chi connectivity index (χ4n) is 3.58. The predicted molar refractivity (Wildman–Crippen MR) is 151 cm³/mol. The van der Waals surface area contributed by atoms with Crippen molar-refractivity contribution in [1.82, 2.24) is 0 Å². The number of hydrogen-bond donors (Lipinski definition) is 0. The summed E-state index contributed by atoms with van der Waals surface area (Å²) in [6, 6.07) is 12.9. The minimum Gasteiger partial charge on any atom is -0.494 e. The van der Waals surface area contributed by atoms with Crippen molar-refractivity contribution in [3.05, 3.63) is 58.7 Å². The third-order valence-electron chi connectivity index (χ3n) is 5.25. The van der Waals surface area contributed by atoms with Crippen LogP contribution < -0.4 is 9.47 Å². The van der Waals surface area contributed by atoms with Crippen LogP contribution in [0.1, 0.15) is 73.6 Å². The summed E-state index contributed by atoms with van der Waals surface area (Å²) >= 11 is 14.1. The number of ether oxygens (including phenoxy) is 2. The first-order valence-electron chi connectivity index (χ1n) is 11.4. The smallest absolute Gasteiger partial charge is 0.119 e. The van der Waals surface area contributed by atoms with Gasteiger partial charge in [0.25, 0.3) is 0 Å². The number of rotatable bonds is 17. The molecule has 2 rings (SSSR count). The quantitative estimate of drug-likeness (QED) is 0.121.